The Morgan fingerprint density at radius 1 is 1.16 bits per heavy atom. The molecular formula is C18H27NO5S. The zero-order valence-corrected chi connectivity index (χ0v) is 16.4. The van der Waals surface area contributed by atoms with Gasteiger partial charge in [0.05, 0.1) is 33.2 Å². The topological polar surface area (TPSA) is 57.2 Å². The van der Waals surface area contributed by atoms with E-state index < -0.39 is 0 Å². The van der Waals surface area contributed by atoms with Crippen molar-refractivity contribution in [1.29, 1.82) is 0 Å². The quantitative estimate of drug-likeness (QED) is 0.624. The molecule has 1 aromatic carbocycles. The molecule has 1 heterocycles. The lowest BCUT2D eigenvalue weighted by atomic mass is 10.1. The van der Waals surface area contributed by atoms with E-state index in [1.54, 1.807) is 33.1 Å². The third-order valence-electron chi connectivity index (χ3n) is 3.93. The van der Waals surface area contributed by atoms with E-state index in [-0.39, 0.29) is 17.4 Å². The van der Waals surface area contributed by atoms with Crippen LogP contribution in [0.1, 0.15) is 31.2 Å². The molecule has 1 aliphatic rings. The average Bonchev–Trinajstić information content (AvgIpc) is 2.97. The highest BCUT2D eigenvalue weighted by Crippen LogP contribution is 2.45. The number of methoxy groups -OCH3 is 3. The molecule has 1 fully saturated rings. The molecule has 0 aromatic heterocycles. The van der Waals surface area contributed by atoms with Gasteiger partial charge in [0, 0.05) is 13.2 Å². The minimum absolute atomic E-state index is 0.0553. The zero-order chi connectivity index (χ0) is 18.4. The predicted molar refractivity (Wildman–Crippen MR) is 98.7 cm³/mol. The van der Waals surface area contributed by atoms with E-state index in [0.717, 1.165) is 12.0 Å². The van der Waals surface area contributed by atoms with Gasteiger partial charge in [0.1, 0.15) is 5.37 Å². The van der Waals surface area contributed by atoms with Gasteiger partial charge < -0.3 is 23.8 Å². The molecule has 0 bridgehead atoms. The van der Waals surface area contributed by atoms with E-state index >= 15 is 0 Å². The summed E-state index contributed by atoms with van der Waals surface area (Å²) in [7, 11) is 4.76. The summed E-state index contributed by atoms with van der Waals surface area (Å²) in [6, 6.07) is 3.82. The maximum Gasteiger partial charge on any atom is 0.233 e. The van der Waals surface area contributed by atoms with Crippen molar-refractivity contribution in [3.05, 3.63) is 17.7 Å². The molecule has 1 saturated heterocycles. The van der Waals surface area contributed by atoms with E-state index in [2.05, 4.69) is 0 Å². The molecule has 0 saturated carbocycles. The Morgan fingerprint density at radius 2 is 1.80 bits per heavy atom. The summed E-state index contributed by atoms with van der Waals surface area (Å²) in [6.45, 7) is 5.33. The van der Waals surface area contributed by atoms with Crippen molar-refractivity contribution in [3.63, 3.8) is 0 Å². The van der Waals surface area contributed by atoms with Crippen LogP contribution in [0.25, 0.3) is 0 Å². The van der Waals surface area contributed by atoms with Crippen LogP contribution in [0, 0.1) is 0 Å². The van der Waals surface area contributed by atoms with Gasteiger partial charge in [0.2, 0.25) is 11.7 Å². The number of amides is 1. The van der Waals surface area contributed by atoms with Crippen molar-refractivity contribution < 1.29 is 23.7 Å². The Kier molecular flexibility index (Phi) is 7.25. The van der Waals surface area contributed by atoms with Crippen LogP contribution in [-0.2, 0) is 9.53 Å². The molecular weight excluding hydrogens is 342 g/mol. The number of nitrogens with zero attached hydrogens (tertiary/aromatic N) is 1. The number of ether oxygens (including phenoxy) is 4. The smallest absolute Gasteiger partial charge is 0.233 e. The van der Waals surface area contributed by atoms with Crippen LogP contribution in [0.2, 0.25) is 0 Å². The van der Waals surface area contributed by atoms with E-state index in [9.17, 15) is 4.79 Å². The van der Waals surface area contributed by atoms with Gasteiger partial charge >= 0.3 is 0 Å². The summed E-state index contributed by atoms with van der Waals surface area (Å²) in [5.74, 6) is 2.37. The summed E-state index contributed by atoms with van der Waals surface area (Å²) in [5, 5.41) is -0.0553. The molecule has 7 heteroatoms. The first-order valence-corrected chi connectivity index (χ1v) is 9.39. The molecule has 25 heavy (non-hydrogen) atoms. The standard InChI is InChI=1S/C18H27NO5S/c1-12(2)24-8-6-7-19-16(20)11-25-18(19)13-9-14(21-3)17(23-5)15(10-13)22-4/h9-10,12,18H,6-8,11H2,1-5H3. The molecule has 2 rings (SSSR count). The van der Waals surface area contributed by atoms with E-state index in [1.807, 2.05) is 30.9 Å². The number of rotatable bonds is 9. The Labute approximate surface area is 153 Å². The molecule has 0 radical (unpaired) electrons. The molecule has 1 aromatic rings. The molecule has 1 amide bonds. The van der Waals surface area contributed by atoms with Crippen LogP contribution in [0.4, 0.5) is 0 Å². The number of benzene rings is 1. The Morgan fingerprint density at radius 3 is 2.32 bits per heavy atom. The van der Waals surface area contributed by atoms with Crippen LogP contribution >= 0.6 is 11.8 Å². The Balaban J connectivity index is 2.19. The van der Waals surface area contributed by atoms with E-state index in [4.69, 9.17) is 18.9 Å². The van der Waals surface area contributed by atoms with Crippen LogP contribution < -0.4 is 14.2 Å². The van der Waals surface area contributed by atoms with Gasteiger partial charge in [0.15, 0.2) is 11.5 Å². The molecule has 140 valence electrons. The summed E-state index contributed by atoms with van der Waals surface area (Å²) < 4.78 is 21.8. The first kappa shape index (κ1) is 19.7. The van der Waals surface area contributed by atoms with Crippen molar-refractivity contribution in [2.24, 2.45) is 0 Å². The molecule has 1 unspecified atom stereocenters. The fourth-order valence-corrected chi connectivity index (χ4v) is 3.97. The second-order valence-corrected chi connectivity index (χ2v) is 7.05. The van der Waals surface area contributed by atoms with E-state index in [0.29, 0.717) is 36.2 Å². The third kappa shape index (κ3) is 4.73. The van der Waals surface area contributed by atoms with Gasteiger partial charge in [-0.25, -0.2) is 0 Å². The highest BCUT2D eigenvalue weighted by Gasteiger charge is 2.33. The average molecular weight is 369 g/mol. The molecule has 0 spiro atoms. The van der Waals surface area contributed by atoms with Gasteiger partial charge in [-0.1, -0.05) is 0 Å². The Bertz CT molecular complexity index is 568. The summed E-state index contributed by atoms with van der Waals surface area (Å²) >= 11 is 1.61. The normalized spacial score (nSPS) is 17.3. The molecule has 0 aliphatic carbocycles. The van der Waals surface area contributed by atoms with Crippen LogP contribution in [0.3, 0.4) is 0 Å². The second-order valence-electron chi connectivity index (χ2n) is 5.98. The lowest BCUT2D eigenvalue weighted by Crippen LogP contribution is -2.30. The second kappa shape index (κ2) is 9.20. The fourth-order valence-electron chi connectivity index (χ4n) is 2.77. The predicted octanol–water partition coefficient (Wildman–Crippen LogP) is 3.10. The summed E-state index contributed by atoms with van der Waals surface area (Å²) in [5.41, 5.74) is 0.968. The SMILES string of the molecule is COc1cc(C2SCC(=O)N2CCCOC(C)C)cc(OC)c1OC. The maximum absolute atomic E-state index is 12.3. The van der Waals surface area contributed by atoms with Crippen molar-refractivity contribution >= 4 is 17.7 Å². The number of carbonyl (C=O) groups is 1. The number of thioether (sulfide) groups is 1. The minimum atomic E-state index is -0.0553. The monoisotopic (exact) mass is 369 g/mol. The van der Waals surface area contributed by atoms with Gasteiger partial charge in [0.25, 0.3) is 0 Å². The van der Waals surface area contributed by atoms with E-state index in [1.165, 1.54) is 0 Å². The third-order valence-corrected chi connectivity index (χ3v) is 5.19. The highest BCUT2D eigenvalue weighted by atomic mass is 32.2. The van der Waals surface area contributed by atoms with Crippen LogP contribution in [0.5, 0.6) is 17.2 Å². The largest absolute Gasteiger partial charge is 0.493 e. The highest BCUT2D eigenvalue weighted by molar-refractivity contribution is 8.00. The van der Waals surface area contributed by atoms with Gasteiger partial charge in [-0.2, -0.15) is 0 Å². The van der Waals surface area contributed by atoms with Crippen molar-refractivity contribution in [2.75, 3.05) is 40.2 Å². The molecule has 1 atom stereocenters. The maximum atomic E-state index is 12.3. The van der Waals surface area contributed by atoms with Crippen LogP contribution in [0.15, 0.2) is 12.1 Å². The lowest BCUT2D eigenvalue weighted by Gasteiger charge is -2.25. The van der Waals surface area contributed by atoms with Crippen LogP contribution in [-0.4, -0.2) is 57.1 Å². The fraction of sp³-hybridized carbons (Fsp3) is 0.611. The van der Waals surface area contributed by atoms with Crippen molar-refractivity contribution in [3.8, 4) is 17.2 Å². The molecule has 0 N–H and O–H groups in total. The number of carbonyl (C=O) groups excluding carboxylic acids is 1. The summed E-state index contributed by atoms with van der Waals surface area (Å²) in [4.78, 5) is 14.2. The summed E-state index contributed by atoms with van der Waals surface area (Å²) in [6.07, 6.45) is 1.01. The molecule has 6 nitrogen and oxygen atoms in total. The zero-order valence-electron chi connectivity index (χ0n) is 15.5. The van der Waals surface area contributed by atoms with Crippen molar-refractivity contribution in [2.45, 2.75) is 31.7 Å². The van der Waals surface area contributed by atoms with Gasteiger partial charge in [-0.05, 0) is 38.0 Å². The Hall–Kier alpha value is -1.60. The first-order chi connectivity index (χ1) is 12.0. The lowest BCUT2D eigenvalue weighted by molar-refractivity contribution is -0.128. The number of hydrogen-bond donors (Lipinski definition) is 0. The van der Waals surface area contributed by atoms with Gasteiger partial charge in [-0.3, -0.25) is 4.79 Å². The molecule has 1 aliphatic heterocycles. The first-order valence-electron chi connectivity index (χ1n) is 8.34. The number of hydrogen-bond acceptors (Lipinski definition) is 6. The minimum Gasteiger partial charge on any atom is -0.493 e. The van der Waals surface area contributed by atoms with Crippen molar-refractivity contribution in [1.82, 2.24) is 4.90 Å². The van der Waals surface area contributed by atoms with Gasteiger partial charge in [-0.15, -0.1) is 11.8 Å².